The van der Waals surface area contributed by atoms with Crippen molar-refractivity contribution in [2.75, 3.05) is 6.54 Å². The third-order valence-electron chi connectivity index (χ3n) is 2.13. The third-order valence-corrected chi connectivity index (χ3v) is 2.13. The number of aryl methyl sites for hydroxylation is 2. The second-order valence-corrected chi connectivity index (χ2v) is 3.76. The number of carbonyl (C=O) groups excluding carboxylic acids is 1. The van der Waals surface area contributed by atoms with Crippen LogP contribution in [0.15, 0.2) is 6.07 Å². The second-order valence-electron chi connectivity index (χ2n) is 3.76. The van der Waals surface area contributed by atoms with E-state index in [1.54, 1.807) is 19.9 Å². The average Bonchev–Trinajstić information content (AvgIpc) is 2.25. The normalized spacial score (nSPS) is 12.2. The lowest BCUT2D eigenvalue weighted by Gasteiger charge is -2.09. The SMILES string of the molecule is CCc1nnc(C)cc1C(=O)NC[C@H](C)O. The number of aliphatic hydroxyl groups is 1. The predicted octanol–water partition coefficient (Wildman–Crippen LogP) is 0.458. The summed E-state index contributed by atoms with van der Waals surface area (Å²) in [5, 5.41) is 19.6. The fraction of sp³-hybridized carbons (Fsp3) is 0.545. The highest BCUT2D eigenvalue weighted by Crippen LogP contribution is 2.07. The summed E-state index contributed by atoms with van der Waals surface area (Å²) in [7, 11) is 0. The van der Waals surface area contributed by atoms with E-state index >= 15 is 0 Å². The number of rotatable bonds is 4. The molecule has 0 bridgehead atoms. The van der Waals surface area contributed by atoms with Crippen LogP contribution in [-0.2, 0) is 6.42 Å². The van der Waals surface area contributed by atoms with Gasteiger partial charge in [0.25, 0.3) is 5.91 Å². The molecular formula is C11H17N3O2. The first-order chi connectivity index (χ1) is 7.54. The Hall–Kier alpha value is -1.49. The largest absolute Gasteiger partial charge is 0.392 e. The molecule has 1 rings (SSSR count). The molecule has 0 unspecified atom stereocenters. The van der Waals surface area contributed by atoms with Crippen LogP contribution in [0.4, 0.5) is 0 Å². The summed E-state index contributed by atoms with van der Waals surface area (Å²) in [4.78, 5) is 11.8. The van der Waals surface area contributed by atoms with E-state index < -0.39 is 6.10 Å². The van der Waals surface area contributed by atoms with Gasteiger partial charge in [-0.25, -0.2) is 0 Å². The van der Waals surface area contributed by atoms with Crippen LogP contribution in [0.2, 0.25) is 0 Å². The highest BCUT2D eigenvalue weighted by Gasteiger charge is 2.12. The molecule has 0 aliphatic carbocycles. The first kappa shape index (κ1) is 12.6. The van der Waals surface area contributed by atoms with E-state index in [2.05, 4.69) is 15.5 Å². The van der Waals surface area contributed by atoms with Gasteiger partial charge in [0.2, 0.25) is 0 Å². The van der Waals surface area contributed by atoms with Gasteiger partial charge >= 0.3 is 0 Å². The third kappa shape index (κ3) is 3.27. The van der Waals surface area contributed by atoms with Crippen LogP contribution in [0.1, 0.15) is 35.6 Å². The van der Waals surface area contributed by atoms with Crippen LogP contribution in [0, 0.1) is 6.92 Å². The van der Waals surface area contributed by atoms with Gasteiger partial charge < -0.3 is 10.4 Å². The molecular weight excluding hydrogens is 206 g/mol. The van der Waals surface area contributed by atoms with E-state index in [4.69, 9.17) is 5.11 Å². The zero-order valence-corrected chi connectivity index (χ0v) is 9.82. The Morgan fingerprint density at radius 3 is 2.81 bits per heavy atom. The van der Waals surface area contributed by atoms with Crippen molar-refractivity contribution >= 4 is 5.91 Å². The minimum absolute atomic E-state index is 0.212. The van der Waals surface area contributed by atoms with Gasteiger partial charge in [-0.3, -0.25) is 4.79 Å². The molecule has 0 saturated heterocycles. The Bertz CT molecular complexity index is 377. The maximum atomic E-state index is 11.8. The Morgan fingerprint density at radius 2 is 2.25 bits per heavy atom. The number of amides is 1. The monoisotopic (exact) mass is 223 g/mol. The fourth-order valence-electron chi connectivity index (χ4n) is 1.31. The molecule has 0 radical (unpaired) electrons. The van der Waals surface area contributed by atoms with Crippen molar-refractivity contribution in [3.05, 3.63) is 23.0 Å². The molecule has 0 aromatic carbocycles. The first-order valence-electron chi connectivity index (χ1n) is 5.34. The Morgan fingerprint density at radius 1 is 1.56 bits per heavy atom. The van der Waals surface area contributed by atoms with Crippen LogP contribution in [0.25, 0.3) is 0 Å². The summed E-state index contributed by atoms with van der Waals surface area (Å²) in [6.45, 7) is 5.57. The summed E-state index contributed by atoms with van der Waals surface area (Å²) in [5.41, 5.74) is 1.92. The molecule has 0 aliphatic heterocycles. The molecule has 0 aliphatic rings. The van der Waals surface area contributed by atoms with Crippen molar-refractivity contribution in [1.29, 1.82) is 0 Å². The smallest absolute Gasteiger partial charge is 0.253 e. The topological polar surface area (TPSA) is 75.1 Å². The zero-order valence-electron chi connectivity index (χ0n) is 9.82. The zero-order chi connectivity index (χ0) is 12.1. The van der Waals surface area contributed by atoms with Crippen molar-refractivity contribution in [3.63, 3.8) is 0 Å². The van der Waals surface area contributed by atoms with Crippen LogP contribution in [-0.4, -0.2) is 33.9 Å². The Balaban J connectivity index is 2.84. The highest BCUT2D eigenvalue weighted by atomic mass is 16.3. The summed E-state index contributed by atoms with van der Waals surface area (Å²) in [6.07, 6.45) is 0.106. The van der Waals surface area contributed by atoms with Gasteiger partial charge in [-0.05, 0) is 26.3 Å². The quantitative estimate of drug-likeness (QED) is 0.777. The van der Waals surface area contributed by atoms with Crippen molar-refractivity contribution in [3.8, 4) is 0 Å². The average molecular weight is 223 g/mol. The van der Waals surface area contributed by atoms with Gasteiger partial charge in [-0.2, -0.15) is 10.2 Å². The number of aliphatic hydroxyl groups excluding tert-OH is 1. The van der Waals surface area contributed by atoms with Crippen molar-refractivity contribution in [1.82, 2.24) is 15.5 Å². The minimum atomic E-state index is -0.551. The van der Waals surface area contributed by atoms with Gasteiger partial charge in [0.1, 0.15) is 0 Å². The van der Waals surface area contributed by atoms with Gasteiger partial charge in [-0.1, -0.05) is 6.92 Å². The van der Waals surface area contributed by atoms with Crippen molar-refractivity contribution in [2.45, 2.75) is 33.3 Å². The van der Waals surface area contributed by atoms with E-state index in [9.17, 15) is 4.79 Å². The fourth-order valence-corrected chi connectivity index (χ4v) is 1.31. The number of carbonyl (C=O) groups is 1. The standard InChI is InChI=1S/C11H17N3O2/c1-4-10-9(5-7(2)13-14-10)11(16)12-6-8(3)15/h5,8,15H,4,6H2,1-3H3,(H,12,16)/t8-/m0/s1. The first-order valence-corrected chi connectivity index (χ1v) is 5.34. The summed E-state index contributed by atoms with van der Waals surface area (Å²) < 4.78 is 0. The van der Waals surface area contributed by atoms with Gasteiger partial charge in [0.15, 0.2) is 0 Å². The molecule has 5 heteroatoms. The lowest BCUT2D eigenvalue weighted by atomic mass is 10.1. The van der Waals surface area contributed by atoms with Gasteiger partial charge in [0, 0.05) is 6.54 Å². The number of nitrogens with one attached hydrogen (secondary N) is 1. The highest BCUT2D eigenvalue weighted by molar-refractivity contribution is 5.95. The maximum Gasteiger partial charge on any atom is 0.253 e. The van der Waals surface area contributed by atoms with E-state index in [-0.39, 0.29) is 12.5 Å². The van der Waals surface area contributed by atoms with Crippen LogP contribution in [0.5, 0.6) is 0 Å². The van der Waals surface area contributed by atoms with Gasteiger partial charge in [-0.15, -0.1) is 0 Å². The maximum absolute atomic E-state index is 11.8. The molecule has 1 heterocycles. The van der Waals surface area contributed by atoms with E-state index in [0.717, 1.165) is 0 Å². The lowest BCUT2D eigenvalue weighted by molar-refractivity contribution is 0.0922. The van der Waals surface area contributed by atoms with Crippen LogP contribution >= 0.6 is 0 Å². The molecule has 1 aromatic rings. The number of hydrogen-bond acceptors (Lipinski definition) is 4. The molecule has 0 saturated carbocycles. The molecule has 88 valence electrons. The van der Waals surface area contributed by atoms with E-state index in [0.29, 0.717) is 23.4 Å². The summed E-state index contributed by atoms with van der Waals surface area (Å²) in [5.74, 6) is -0.212. The van der Waals surface area contributed by atoms with Crippen molar-refractivity contribution < 1.29 is 9.90 Å². The molecule has 1 aromatic heterocycles. The Labute approximate surface area is 94.9 Å². The molecule has 0 spiro atoms. The second kappa shape index (κ2) is 5.55. The molecule has 2 N–H and O–H groups in total. The van der Waals surface area contributed by atoms with Crippen molar-refractivity contribution in [2.24, 2.45) is 0 Å². The number of aromatic nitrogens is 2. The van der Waals surface area contributed by atoms with Crippen LogP contribution < -0.4 is 5.32 Å². The lowest BCUT2D eigenvalue weighted by Crippen LogP contribution is -2.31. The predicted molar refractivity (Wildman–Crippen MR) is 60.2 cm³/mol. The Kier molecular flexibility index (Phi) is 4.37. The number of hydrogen-bond donors (Lipinski definition) is 2. The van der Waals surface area contributed by atoms with Gasteiger partial charge in [0.05, 0.1) is 23.1 Å². The molecule has 16 heavy (non-hydrogen) atoms. The minimum Gasteiger partial charge on any atom is -0.392 e. The number of nitrogens with zero attached hydrogens (tertiary/aromatic N) is 2. The van der Waals surface area contributed by atoms with Crippen LogP contribution in [0.3, 0.4) is 0 Å². The molecule has 5 nitrogen and oxygen atoms in total. The molecule has 1 amide bonds. The van der Waals surface area contributed by atoms with E-state index in [1.165, 1.54) is 0 Å². The molecule has 0 fully saturated rings. The molecule has 1 atom stereocenters. The summed E-state index contributed by atoms with van der Waals surface area (Å²) >= 11 is 0. The van der Waals surface area contributed by atoms with E-state index in [1.807, 2.05) is 6.92 Å². The summed E-state index contributed by atoms with van der Waals surface area (Å²) in [6, 6.07) is 1.71.